The molecule has 1 saturated carbocycles. The molecule has 2 aromatic rings. The molecule has 0 radical (unpaired) electrons. The van der Waals surface area contributed by atoms with Crippen LogP contribution in [-0.2, 0) is 0 Å². The van der Waals surface area contributed by atoms with Crippen LogP contribution in [0.15, 0.2) is 12.3 Å². The molecular weight excluding hydrogens is 276 g/mol. The number of nitrogens with zero attached hydrogens (tertiary/aromatic N) is 6. The molecular formula is C13H17ClN6. The third-order valence-electron chi connectivity index (χ3n) is 3.44. The third-order valence-corrected chi connectivity index (χ3v) is 3.61. The van der Waals surface area contributed by atoms with E-state index in [1.165, 1.54) is 12.8 Å². The molecule has 0 unspecified atom stereocenters. The molecule has 1 aliphatic carbocycles. The first-order chi connectivity index (χ1) is 9.71. The van der Waals surface area contributed by atoms with Gasteiger partial charge in [-0.3, -0.25) is 0 Å². The van der Waals surface area contributed by atoms with Gasteiger partial charge in [0, 0.05) is 25.2 Å². The van der Waals surface area contributed by atoms with Crippen LogP contribution in [0.4, 0.5) is 5.95 Å². The molecule has 2 heterocycles. The fraction of sp³-hybridized carbons (Fsp3) is 0.538. The topological polar surface area (TPSA) is 59.7 Å². The van der Waals surface area contributed by atoms with Crippen molar-refractivity contribution in [3.8, 4) is 5.95 Å². The Morgan fingerprint density at radius 2 is 2.00 bits per heavy atom. The lowest BCUT2D eigenvalue weighted by atomic mass is 10.3. The number of rotatable bonds is 5. The van der Waals surface area contributed by atoms with Crippen LogP contribution in [0.25, 0.3) is 5.95 Å². The SMILES string of the molecule is CCN(CC)c1nc(Cl)nc(-n2ccc(C3CC3)n2)n1. The van der Waals surface area contributed by atoms with Crippen LogP contribution < -0.4 is 4.90 Å². The average molecular weight is 293 g/mol. The summed E-state index contributed by atoms with van der Waals surface area (Å²) < 4.78 is 1.67. The Hall–Kier alpha value is -1.69. The lowest BCUT2D eigenvalue weighted by Gasteiger charge is -2.18. The average Bonchev–Trinajstić information content (AvgIpc) is 3.17. The van der Waals surface area contributed by atoms with Gasteiger partial charge in [-0.1, -0.05) is 0 Å². The maximum absolute atomic E-state index is 6.01. The summed E-state index contributed by atoms with van der Waals surface area (Å²) in [6.07, 6.45) is 4.32. The smallest absolute Gasteiger partial charge is 0.256 e. The second-order valence-electron chi connectivity index (χ2n) is 4.84. The lowest BCUT2D eigenvalue weighted by molar-refractivity contribution is 0.749. The Balaban J connectivity index is 1.95. The predicted octanol–water partition coefficient (Wildman–Crippen LogP) is 2.43. The van der Waals surface area contributed by atoms with Crippen LogP contribution >= 0.6 is 11.6 Å². The van der Waals surface area contributed by atoms with Gasteiger partial charge in [0.15, 0.2) is 0 Å². The first-order valence-electron chi connectivity index (χ1n) is 6.93. The van der Waals surface area contributed by atoms with E-state index in [-0.39, 0.29) is 5.28 Å². The summed E-state index contributed by atoms with van der Waals surface area (Å²) in [6.45, 7) is 5.76. The van der Waals surface area contributed by atoms with E-state index in [1.54, 1.807) is 4.68 Å². The molecule has 1 fully saturated rings. The van der Waals surface area contributed by atoms with E-state index in [0.29, 0.717) is 17.8 Å². The van der Waals surface area contributed by atoms with Crippen molar-refractivity contribution in [3.63, 3.8) is 0 Å². The number of aromatic nitrogens is 5. The van der Waals surface area contributed by atoms with Crippen molar-refractivity contribution in [1.29, 1.82) is 0 Å². The second kappa shape index (κ2) is 5.36. The van der Waals surface area contributed by atoms with Gasteiger partial charge in [0.05, 0.1) is 5.69 Å². The molecule has 106 valence electrons. The molecule has 0 amide bonds. The quantitative estimate of drug-likeness (QED) is 0.847. The molecule has 20 heavy (non-hydrogen) atoms. The number of halogens is 1. The molecule has 0 aliphatic heterocycles. The predicted molar refractivity (Wildman–Crippen MR) is 77.5 cm³/mol. The summed E-state index contributed by atoms with van der Waals surface area (Å²) in [7, 11) is 0. The van der Waals surface area contributed by atoms with Crippen molar-refractivity contribution in [1.82, 2.24) is 24.7 Å². The molecule has 6 nitrogen and oxygen atoms in total. The van der Waals surface area contributed by atoms with Gasteiger partial charge in [-0.2, -0.15) is 20.1 Å². The highest BCUT2D eigenvalue weighted by Gasteiger charge is 2.26. The number of hydrogen-bond acceptors (Lipinski definition) is 5. The van der Waals surface area contributed by atoms with Gasteiger partial charge in [0.1, 0.15) is 0 Å². The van der Waals surface area contributed by atoms with Crippen molar-refractivity contribution in [2.45, 2.75) is 32.6 Å². The van der Waals surface area contributed by atoms with Crippen molar-refractivity contribution < 1.29 is 0 Å². The normalized spacial score (nSPS) is 14.6. The van der Waals surface area contributed by atoms with E-state index >= 15 is 0 Å². The summed E-state index contributed by atoms with van der Waals surface area (Å²) in [5.41, 5.74) is 1.10. The van der Waals surface area contributed by atoms with Crippen molar-refractivity contribution in [2.75, 3.05) is 18.0 Å². The molecule has 7 heteroatoms. The molecule has 0 spiro atoms. The van der Waals surface area contributed by atoms with Gasteiger partial charge in [-0.15, -0.1) is 0 Å². The Labute approximate surface area is 122 Å². The maximum Gasteiger partial charge on any atom is 0.256 e. The summed E-state index contributed by atoms with van der Waals surface area (Å²) >= 11 is 6.01. The van der Waals surface area contributed by atoms with E-state index in [4.69, 9.17) is 11.6 Å². The third kappa shape index (κ3) is 2.60. The zero-order chi connectivity index (χ0) is 14.1. The van der Waals surface area contributed by atoms with Crippen LogP contribution in [0.3, 0.4) is 0 Å². The Bertz CT molecular complexity index is 603. The fourth-order valence-corrected chi connectivity index (χ4v) is 2.28. The Morgan fingerprint density at radius 1 is 1.25 bits per heavy atom. The summed E-state index contributed by atoms with van der Waals surface area (Å²) in [5.74, 6) is 1.67. The maximum atomic E-state index is 6.01. The zero-order valence-corrected chi connectivity index (χ0v) is 12.4. The first-order valence-corrected chi connectivity index (χ1v) is 7.31. The van der Waals surface area contributed by atoms with Gasteiger partial charge in [0.2, 0.25) is 11.2 Å². The zero-order valence-electron chi connectivity index (χ0n) is 11.6. The van der Waals surface area contributed by atoms with Crippen molar-refractivity contribution in [2.24, 2.45) is 0 Å². The molecule has 0 N–H and O–H groups in total. The van der Waals surface area contributed by atoms with Gasteiger partial charge >= 0.3 is 0 Å². The van der Waals surface area contributed by atoms with Gasteiger partial charge < -0.3 is 4.90 Å². The van der Waals surface area contributed by atoms with Crippen LogP contribution in [0.2, 0.25) is 5.28 Å². The standard InChI is InChI=1S/C13H17ClN6/c1-3-19(4-2)12-15-11(14)16-13(17-12)20-8-7-10(18-20)9-5-6-9/h7-9H,3-6H2,1-2H3. The van der Waals surface area contributed by atoms with Gasteiger partial charge in [-0.05, 0) is 44.4 Å². The van der Waals surface area contributed by atoms with E-state index in [1.807, 2.05) is 17.2 Å². The van der Waals surface area contributed by atoms with Crippen molar-refractivity contribution in [3.05, 3.63) is 23.2 Å². The Kier molecular flexibility index (Phi) is 3.56. The van der Waals surface area contributed by atoms with Crippen LogP contribution in [0, 0.1) is 0 Å². The van der Waals surface area contributed by atoms with E-state index in [9.17, 15) is 0 Å². The van der Waals surface area contributed by atoms with Gasteiger partial charge in [-0.25, -0.2) is 4.68 Å². The van der Waals surface area contributed by atoms with Gasteiger partial charge in [0.25, 0.3) is 5.95 Å². The lowest BCUT2D eigenvalue weighted by Crippen LogP contribution is -2.25. The van der Waals surface area contributed by atoms with Crippen LogP contribution in [0.5, 0.6) is 0 Å². The number of hydrogen-bond donors (Lipinski definition) is 0. The molecule has 0 atom stereocenters. The highest BCUT2D eigenvalue weighted by Crippen LogP contribution is 2.38. The molecule has 0 bridgehead atoms. The number of anilines is 1. The minimum Gasteiger partial charge on any atom is -0.341 e. The van der Waals surface area contributed by atoms with Crippen LogP contribution in [0.1, 0.15) is 38.3 Å². The fourth-order valence-electron chi connectivity index (χ4n) is 2.13. The largest absolute Gasteiger partial charge is 0.341 e. The molecule has 0 aromatic carbocycles. The van der Waals surface area contributed by atoms with E-state index < -0.39 is 0 Å². The molecule has 2 aromatic heterocycles. The van der Waals surface area contributed by atoms with Crippen LogP contribution in [-0.4, -0.2) is 37.8 Å². The molecule has 0 saturated heterocycles. The molecule has 3 rings (SSSR count). The minimum absolute atomic E-state index is 0.195. The van der Waals surface area contributed by atoms with E-state index in [0.717, 1.165) is 18.8 Å². The molecule has 1 aliphatic rings. The summed E-state index contributed by atoms with van der Waals surface area (Å²) in [4.78, 5) is 14.8. The summed E-state index contributed by atoms with van der Waals surface area (Å²) in [6, 6.07) is 2.02. The van der Waals surface area contributed by atoms with Crippen molar-refractivity contribution >= 4 is 17.5 Å². The highest BCUT2D eigenvalue weighted by molar-refractivity contribution is 6.28. The summed E-state index contributed by atoms with van der Waals surface area (Å²) in [5, 5.41) is 4.72. The van der Waals surface area contributed by atoms with E-state index in [2.05, 4.69) is 33.9 Å². The monoisotopic (exact) mass is 292 g/mol. The first kappa shape index (κ1) is 13.3. The second-order valence-corrected chi connectivity index (χ2v) is 5.17. The Morgan fingerprint density at radius 3 is 2.65 bits per heavy atom. The highest BCUT2D eigenvalue weighted by atomic mass is 35.5. The minimum atomic E-state index is 0.195.